The van der Waals surface area contributed by atoms with Gasteiger partial charge in [0.25, 0.3) is 0 Å². The van der Waals surface area contributed by atoms with Gasteiger partial charge in [0.05, 0.1) is 28.9 Å². The molecule has 1 aliphatic carbocycles. The van der Waals surface area contributed by atoms with Crippen molar-refractivity contribution >= 4 is 17.0 Å². The molecule has 0 spiro atoms. The Balaban J connectivity index is 2.14. The van der Waals surface area contributed by atoms with E-state index in [0.717, 1.165) is 16.8 Å². The fraction of sp³-hybridized carbons (Fsp3) is 0.175. The lowest BCUT2D eigenvalue weighted by Crippen LogP contribution is -2.50. The van der Waals surface area contributed by atoms with Gasteiger partial charge in [0.1, 0.15) is 31.1 Å². The van der Waals surface area contributed by atoms with Gasteiger partial charge in [0, 0.05) is 11.3 Å². The topological polar surface area (TPSA) is 122 Å². The molecule has 9 heteroatoms. The fourth-order valence-electron chi connectivity index (χ4n) is 5.30. The third-order valence-corrected chi connectivity index (χ3v) is 7.50. The minimum Gasteiger partial charge on any atom is -0.357 e. The van der Waals surface area contributed by atoms with Crippen LogP contribution in [0, 0.1) is 52.5 Å². The lowest BCUT2D eigenvalue weighted by Gasteiger charge is -2.33. The van der Waals surface area contributed by atoms with Gasteiger partial charge in [0.15, 0.2) is 0 Å². The Morgan fingerprint density at radius 1 is 0.837 bits per heavy atom. The largest absolute Gasteiger partial charge is 0.528 e. The van der Waals surface area contributed by atoms with Gasteiger partial charge in [-0.1, -0.05) is 85.0 Å². The average Bonchev–Trinajstić information content (AvgIpc) is 3.50. The van der Waals surface area contributed by atoms with Gasteiger partial charge < -0.3 is 5.32 Å². The van der Waals surface area contributed by atoms with Crippen molar-refractivity contribution in [1.82, 2.24) is 15.1 Å². The van der Waals surface area contributed by atoms with E-state index in [1.54, 1.807) is 72.8 Å². The molecule has 0 atom stereocenters. The maximum atomic E-state index is 10.1. The summed E-state index contributed by atoms with van der Waals surface area (Å²) in [5, 5.41) is 41.1. The summed E-state index contributed by atoms with van der Waals surface area (Å²) in [6.07, 6.45) is 11.9. The summed E-state index contributed by atoms with van der Waals surface area (Å²) in [6.45, 7) is 15.0. The van der Waals surface area contributed by atoms with E-state index in [2.05, 4.69) is 33.0 Å². The van der Waals surface area contributed by atoms with Gasteiger partial charge in [0.2, 0.25) is 0 Å². The molecule has 0 saturated heterocycles. The van der Waals surface area contributed by atoms with Crippen molar-refractivity contribution < 1.29 is 0 Å². The highest BCUT2D eigenvalue weighted by molar-refractivity contribution is 5.95. The number of nitrogens with one attached hydrogen (secondary N) is 2. The molecule has 240 valence electrons. The van der Waals surface area contributed by atoms with Crippen LogP contribution in [0.15, 0.2) is 137 Å². The fourth-order valence-corrected chi connectivity index (χ4v) is 5.30. The van der Waals surface area contributed by atoms with Crippen molar-refractivity contribution in [2.24, 2.45) is 0 Å². The molecule has 0 aliphatic heterocycles. The average molecular weight is 642 g/mol. The van der Waals surface area contributed by atoms with E-state index in [1.807, 2.05) is 68.3 Å². The van der Waals surface area contributed by atoms with Crippen LogP contribution in [0.4, 0.5) is 0 Å². The van der Waals surface area contributed by atoms with Crippen molar-refractivity contribution in [1.29, 1.82) is 21.2 Å². The Kier molecular flexibility index (Phi) is 13.8. The van der Waals surface area contributed by atoms with Crippen molar-refractivity contribution in [2.75, 3.05) is 28.2 Å². The summed E-state index contributed by atoms with van der Waals surface area (Å²) in [4.78, 5) is 10.8. The second-order valence-corrected chi connectivity index (χ2v) is 11.1. The quantitative estimate of drug-likeness (QED) is 0.0819. The summed E-state index contributed by atoms with van der Waals surface area (Å²) in [7, 11) is 7.87. The maximum absolute atomic E-state index is 10.1. The number of rotatable bonds is 12. The van der Waals surface area contributed by atoms with Crippen LogP contribution in [0.3, 0.4) is 0 Å². The van der Waals surface area contributed by atoms with Crippen LogP contribution < -0.4 is 5.32 Å². The molecule has 9 nitrogen and oxygen atoms in total. The molecule has 3 rings (SSSR count). The third kappa shape index (κ3) is 9.39. The molecule has 2 N–H and O–H groups in total. The number of benzene rings is 2. The van der Waals surface area contributed by atoms with Crippen LogP contribution in [0.25, 0.3) is 20.8 Å². The van der Waals surface area contributed by atoms with E-state index < -0.39 is 0 Å². The first kappa shape index (κ1) is 36.7. The Morgan fingerprint density at radius 3 is 1.92 bits per heavy atom. The molecule has 0 heterocycles. The number of nitrogens with zero attached hydrogens (tertiary/aromatic N) is 7. The van der Waals surface area contributed by atoms with Gasteiger partial charge >= 0.3 is 5.82 Å². The number of nitriles is 3. The second kappa shape index (κ2) is 18.4. The highest BCUT2D eigenvalue weighted by atomic mass is 15.4. The van der Waals surface area contributed by atoms with Crippen molar-refractivity contribution in [3.63, 3.8) is 0 Å². The SMILES string of the molecule is [C-]#[N+]C([N+]#[C-])=C(/C(C#N)=C/C=C/C1=C(NC(N(C)C)N(C)C)C(=C/C=C/C(C#N)=C(/C(=C=N)C#N)c2ccccc2)/CC1)c1ccccc1. The Bertz CT molecular complexity index is 2000. The van der Waals surface area contributed by atoms with E-state index in [4.69, 9.17) is 18.6 Å². The number of allylic oxidation sites excluding steroid dienone is 13. The monoisotopic (exact) mass is 641 g/mol. The zero-order valence-electron chi connectivity index (χ0n) is 27.9. The number of hydrogen-bond acceptors (Lipinski definition) is 7. The summed E-state index contributed by atoms with van der Waals surface area (Å²) in [6, 6.07) is 24.3. The van der Waals surface area contributed by atoms with Crippen molar-refractivity contribution in [3.05, 3.63) is 170 Å². The Morgan fingerprint density at radius 2 is 1.43 bits per heavy atom. The Hall–Kier alpha value is -6.76. The first-order valence-corrected chi connectivity index (χ1v) is 15.2. The van der Waals surface area contributed by atoms with E-state index in [0.29, 0.717) is 29.5 Å². The smallest absolute Gasteiger partial charge is 0.357 e. The molecule has 0 radical (unpaired) electrons. The van der Waals surface area contributed by atoms with Crippen LogP contribution in [0.5, 0.6) is 0 Å². The molecule has 0 fully saturated rings. The van der Waals surface area contributed by atoms with Gasteiger partial charge in [-0.3, -0.25) is 15.2 Å². The van der Waals surface area contributed by atoms with Gasteiger partial charge in [-0.05, 0) is 81.3 Å². The van der Waals surface area contributed by atoms with Crippen LogP contribution >= 0.6 is 0 Å². The first-order valence-electron chi connectivity index (χ1n) is 15.2. The van der Waals surface area contributed by atoms with E-state index in [9.17, 15) is 15.8 Å². The third-order valence-electron chi connectivity index (χ3n) is 7.50. The predicted molar refractivity (Wildman–Crippen MR) is 193 cm³/mol. The van der Waals surface area contributed by atoms with Gasteiger partial charge in [-0.15, -0.1) is 0 Å². The standard InChI is InChI=1S/C40H35N9/c1-45-39(46-2)37(30-17-11-8-12-18-30)34(26-42)22-14-20-32-24-23-31(38(32)47-40(48(3)4)49(5)6)19-13-21-33(25-41)36(35(27-43)28-44)29-15-9-7-10-16-29/h7-22,40,43,47H,23-24H2,3-6H3/b20-14+,21-13+,31-19+,34-22+,36-33-. The maximum Gasteiger partial charge on any atom is 0.528 e. The summed E-state index contributed by atoms with van der Waals surface area (Å²) < 4.78 is 0. The highest BCUT2D eigenvalue weighted by Gasteiger charge is 2.24. The lowest BCUT2D eigenvalue weighted by atomic mass is 9.94. The van der Waals surface area contributed by atoms with Crippen LogP contribution in [-0.4, -0.2) is 50.2 Å². The second-order valence-electron chi connectivity index (χ2n) is 11.1. The van der Waals surface area contributed by atoms with Crippen molar-refractivity contribution in [2.45, 2.75) is 19.1 Å². The minimum absolute atomic E-state index is 0.0367. The molecule has 0 amide bonds. The van der Waals surface area contributed by atoms with E-state index in [-0.39, 0.29) is 34.4 Å². The zero-order valence-corrected chi connectivity index (χ0v) is 27.9. The number of hydrogen-bond donors (Lipinski definition) is 2. The van der Waals surface area contributed by atoms with Crippen LogP contribution in [0.1, 0.15) is 24.0 Å². The molecular formula is C40H35N9. The van der Waals surface area contributed by atoms with E-state index in [1.165, 1.54) is 0 Å². The molecule has 2 aromatic carbocycles. The minimum atomic E-state index is -0.175. The molecule has 1 aliphatic rings. The molecule has 49 heavy (non-hydrogen) atoms. The highest BCUT2D eigenvalue weighted by Crippen LogP contribution is 2.33. The van der Waals surface area contributed by atoms with Crippen LogP contribution in [-0.2, 0) is 0 Å². The zero-order chi connectivity index (χ0) is 35.8. The predicted octanol–water partition coefficient (Wildman–Crippen LogP) is 7.40. The molecule has 0 unspecified atom stereocenters. The summed E-state index contributed by atoms with van der Waals surface area (Å²) >= 11 is 0. The molecule has 0 aromatic heterocycles. The summed E-state index contributed by atoms with van der Waals surface area (Å²) in [5.41, 5.74) is 5.14. The first-order chi connectivity index (χ1) is 23.7. The lowest BCUT2D eigenvalue weighted by molar-refractivity contribution is 0.107. The van der Waals surface area contributed by atoms with Crippen molar-refractivity contribution in [3.8, 4) is 18.2 Å². The van der Waals surface area contributed by atoms with Gasteiger partial charge in [-0.2, -0.15) is 25.5 Å². The Labute approximate surface area is 288 Å². The molecular weight excluding hydrogens is 607 g/mol. The van der Waals surface area contributed by atoms with Crippen LogP contribution in [0.2, 0.25) is 0 Å². The normalized spacial score (nSPS) is 14.2. The molecule has 0 saturated carbocycles. The molecule has 2 aromatic rings. The van der Waals surface area contributed by atoms with E-state index >= 15 is 0 Å². The summed E-state index contributed by atoms with van der Waals surface area (Å²) in [5.74, 6) is 1.99. The molecule has 0 bridgehead atoms. The van der Waals surface area contributed by atoms with Gasteiger partial charge in [-0.25, -0.2) is 0 Å².